The van der Waals surface area contributed by atoms with Crippen LogP contribution >= 0.6 is 15.9 Å². The number of hydrogen-bond acceptors (Lipinski definition) is 1. The molecule has 1 N–H and O–H groups in total. The summed E-state index contributed by atoms with van der Waals surface area (Å²) < 4.78 is 0. The van der Waals surface area contributed by atoms with Crippen LogP contribution in [0.15, 0.2) is 0 Å². The maximum Gasteiger partial charge on any atom is 0.226 e. The molecule has 14 heavy (non-hydrogen) atoms. The summed E-state index contributed by atoms with van der Waals surface area (Å²) in [5, 5.41) is 3.99. The van der Waals surface area contributed by atoms with E-state index >= 15 is 0 Å². The summed E-state index contributed by atoms with van der Waals surface area (Å²) in [5.41, 5.74) is -0.378. The molecule has 0 spiro atoms. The van der Waals surface area contributed by atoms with Crippen LogP contribution in [-0.4, -0.2) is 16.8 Å². The van der Waals surface area contributed by atoms with Gasteiger partial charge in [0.15, 0.2) is 0 Å². The number of alkyl halides is 1. The molecule has 0 bridgehead atoms. The fourth-order valence-corrected chi connectivity index (χ4v) is 1.93. The number of carbonyl (C=O) groups is 1. The topological polar surface area (TPSA) is 29.1 Å². The van der Waals surface area contributed by atoms with Crippen LogP contribution in [-0.2, 0) is 4.79 Å². The molecule has 0 saturated carbocycles. The van der Waals surface area contributed by atoms with E-state index in [9.17, 15) is 4.79 Å². The van der Waals surface area contributed by atoms with Gasteiger partial charge in [-0.15, -0.1) is 0 Å². The van der Waals surface area contributed by atoms with Crippen molar-refractivity contribution in [2.45, 2.75) is 53.0 Å². The van der Waals surface area contributed by atoms with E-state index in [0.717, 1.165) is 18.2 Å². The van der Waals surface area contributed by atoms with Gasteiger partial charge in [0.2, 0.25) is 5.91 Å². The molecule has 0 fully saturated rings. The maximum atomic E-state index is 11.9. The lowest BCUT2D eigenvalue weighted by atomic mass is 9.87. The van der Waals surface area contributed by atoms with Gasteiger partial charge < -0.3 is 5.32 Å². The Kier molecular flexibility index (Phi) is 5.13. The molecule has 0 aliphatic heterocycles. The highest BCUT2D eigenvalue weighted by Crippen LogP contribution is 2.22. The monoisotopic (exact) mass is 263 g/mol. The van der Waals surface area contributed by atoms with Gasteiger partial charge in [-0.2, -0.15) is 0 Å². The fraction of sp³-hybridized carbons (Fsp3) is 0.909. The third-order valence-corrected chi connectivity index (χ3v) is 3.07. The van der Waals surface area contributed by atoms with Gasteiger partial charge in [0.25, 0.3) is 0 Å². The van der Waals surface area contributed by atoms with Crippen molar-refractivity contribution in [2.75, 3.05) is 5.33 Å². The number of hydrogen-bond donors (Lipinski definition) is 1. The van der Waals surface area contributed by atoms with Crippen LogP contribution in [0.2, 0.25) is 0 Å². The Morgan fingerprint density at radius 3 is 2.14 bits per heavy atom. The van der Waals surface area contributed by atoms with Gasteiger partial charge in [-0.25, -0.2) is 0 Å². The van der Waals surface area contributed by atoms with Gasteiger partial charge in [0.1, 0.15) is 0 Å². The standard InChI is InChI=1S/C11H22BrNO/c1-6-10(2,3)9(14)13-11(4,5)7-8-12/h6-8H2,1-5H3,(H,13,14). The minimum absolute atomic E-state index is 0.118. The predicted octanol–water partition coefficient (Wildman–Crippen LogP) is 3.10. The van der Waals surface area contributed by atoms with Crippen LogP contribution < -0.4 is 5.32 Å². The molecular formula is C11H22BrNO. The average Bonchev–Trinajstić information content (AvgIpc) is 2.03. The highest BCUT2D eigenvalue weighted by Gasteiger charge is 2.29. The van der Waals surface area contributed by atoms with E-state index < -0.39 is 0 Å². The van der Waals surface area contributed by atoms with Crippen LogP contribution in [0.3, 0.4) is 0 Å². The Hall–Kier alpha value is -0.0500. The summed E-state index contributed by atoms with van der Waals surface area (Å²) in [6.45, 7) is 10.1. The normalized spacial score (nSPS) is 12.7. The third kappa shape index (κ3) is 4.45. The number of halogens is 1. The van der Waals surface area contributed by atoms with Gasteiger partial charge in [-0.3, -0.25) is 4.79 Å². The molecule has 0 radical (unpaired) electrons. The fourth-order valence-electron chi connectivity index (χ4n) is 0.936. The van der Waals surface area contributed by atoms with E-state index in [2.05, 4.69) is 35.1 Å². The van der Waals surface area contributed by atoms with E-state index in [-0.39, 0.29) is 16.9 Å². The van der Waals surface area contributed by atoms with Crippen molar-refractivity contribution in [3.8, 4) is 0 Å². The molecule has 0 heterocycles. The molecule has 0 rings (SSSR count). The first-order valence-electron chi connectivity index (χ1n) is 5.14. The van der Waals surface area contributed by atoms with E-state index in [1.807, 2.05) is 20.8 Å². The Morgan fingerprint density at radius 2 is 1.79 bits per heavy atom. The van der Waals surface area contributed by atoms with Crippen molar-refractivity contribution in [3.63, 3.8) is 0 Å². The first-order chi connectivity index (χ1) is 6.25. The Balaban J connectivity index is 4.31. The Bertz CT molecular complexity index is 199. The van der Waals surface area contributed by atoms with Crippen molar-refractivity contribution in [3.05, 3.63) is 0 Å². The third-order valence-electron chi connectivity index (χ3n) is 2.67. The molecule has 0 aromatic heterocycles. The van der Waals surface area contributed by atoms with Crippen LogP contribution in [0.25, 0.3) is 0 Å². The number of carbonyl (C=O) groups excluding carboxylic acids is 1. The number of amides is 1. The van der Waals surface area contributed by atoms with E-state index in [1.165, 1.54) is 0 Å². The summed E-state index contributed by atoms with van der Waals surface area (Å²) >= 11 is 3.39. The van der Waals surface area contributed by atoms with Gasteiger partial charge in [0.05, 0.1) is 0 Å². The van der Waals surface area contributed by atoms with Crippen molar-refractivity contribution < 1.29 is 4.79 Å². The van der Waals surface area contributed by atoms with Crippen LogP contribution in [0.1, 0.15) is 47.5 Å². The summed E-state index contributed by atoms with van der Waals surface area (Å²) in [6, 6.07) is 0. The zero-order valence-electron chi connectivity index (χ0n) is 9.91. The molecule has 0 aliphatic carbocycles. The molecule has 0 aliphatic rings. The van der Waals surface area contributed by atoms with Crippen molar-refractivity contribution in [1.82, 2.24) is 5.32 Å². The highest BCUT2D eigenvalue weighted by molar-refractivity contribution is 9.09. The molecule has 2 nitrogen and oxygen atoms in total. The van der Waals surface area contributed by atoms with Crippen molar-refractivity contribution in [2.24, 2.45) is 5.41 Å². The zero-order chi connectivity index (χ0) is 11.4. The second-order valence-electron chi connectivity index (χ2n) is 5.01. The molecule has 1 amide bonds. The lowest BCUT2D eigenvalue weighted by Gasteiger charge is -2.31. The molecule has 0 aromatic carbocycles. The van der Waals surface area contributed by atoms with Crippen LogP contribution in [0.5, 0.6) is 0 Å². The molecule has 0 aromatic rings. The van der Waals surface area contributed by atoms with Gasteiger partial charge >= 0.3 is 0 Å². The zero-order valence-corrected chi connectivity index (χ0v) is 11.5. The van der Waals surface area contributed by atoms with E-state index in [1.54, 1.807) is 0 Å². The quantitative estimate of drug-likeness (QED) is 0.759. The second-order valence-corrected chi connectivity index (χ2v) is 5.81. The van der Waals surface area contributed by atoms with Crippen LogP contribution in [0, 0.1) is 5.41 Å². The van der Waals surface area contributed by atoms with Gasteiger partial charge in [-0.1, -0.05) is 36.7 Å². The van der Waals surface area contributed by atoms with Gasteiger partial charge in [0, 0.05) is 16.3 Å². The molecular weight excluding hydrogens is 242 g/mol. The molecule has 0 unspecified atom stereocenters. The number of nitrogens with one attached hydrogen (secondary N) is 1. The van der Waals surface area contributed by atoms with E-state index in [0.29, 0.717) is 0 Å². The summed E-state index contributed by atoms with van der Waals surface area (Å²) in [7, 11) is 0. The second kappa shape index (κ2) is 5.15. The molecule has 3 heteroatoms. The van der Waals surface area contributed by atoms with Crippen molar-refractivity contribution >= 4 is 21.8 Å². The molecule has 0 saturated heterocycles. The highest BCUT2D eigenvalue weighted by atomic mass is 79.9. The Labute approximate surface area is 96.0 Å². The minimum atomic E-state index is -0.260. The first kappa shape index (κ1) is 13.9. The lowest BCUT2D eigenvalue weighted by Crippen LogP contribution is -2.48. The summed E-state index contributed by atoms with van der Waals surface area (Å²) in [6.07, 6.45) is 1.81. The lowest BCUT2D eigenvalue weighted by molar-refractivity contribution is -0.131. The van der Waals surface area contributed by atoms with Crippen molar-refractivity contribution in [1.29, 1.82) is 0 Å². The Morgan fingerprint density at radius 1 is 1.29 bits per heavy atom. The average molecular weight is 264 g/mol. The SMILES string of the molecule is CCC(C)(C)C(=O)NC(C)(C)CCBr. The predicted molar refractivity (Wildman–Crippen MR) is 64.7 cm³/mol. The van der Waals surface area contributed by atoms with E-state index in [4.69, 9.17) is 0 Å². The van der Waals surface area contributed by atoms with Crippen LogP contribution in [0.4, 0.5) is 0 Å². The molecule has 84 valence electrons. The maximum absolute atomic E-state index is 11.9. The first-order valence-corrected chi connectivity index (χ1v) is 6.26. The van der Waals surface area contributed by atoms with Gasteiger partial charge in [-0.05, 0) is 26.7 Å². The summed E-state index contributed by atoms with van der Waals surface area (Å²) in [4.78, 5) is 11.9. The smallest absolute Gasteiger partial charge is 0.226 e. The summed E-state index contributed by atoms with van der Waals surface area (Å²) in [5.74, 6) is 0.144. The largest absolute Gasteiger partial charge is 0.351 e. The molecule has 0 atom stereocenters. The minimum Gasteiger partial charge on any atom is -0.351 e. The number of rotatable bonds is 5.